The SMILES string of the molecule is CCCC[C@H](CC(=O)NO)C(=O)N1CC2(CCCC2)C[C@H]1C(=O)NC(N)=CC(=O)O. The van der Waals surface area contributed by atoms with Crippen molar-refractivity contribution in [2.75, 3.05) is 6.54 Å². The average molecular weight is 424 g/mol. The van der Waals surface area contributed by atoms with Gasteiger partial charge in [-0.1, -0.05) is 32.6 Å². The van der Waals surface area contributed by atoms with Gasteiger partial charge < -0.3 is 21.1 Å². The Morgan fingerprint density at radius 2 is 1.93 bits per heavy atom. The summed E-state index contributed by atoms with van der Waals surface area (Å²) in [6, 6.07) is -0.780. The van der Waals surface area contributed by atoms with Gasteiger partial charge in [0.05, 0.1) is 6.08 Å². The van der Waals surface area contributed by atoms with E-state index in [-0.39, 0.29) is 23.6 Å². The molecule has 30 heavy (non-hydrogen) atoms. The van der Waals surface area contributed by atoms with E-state index in [1.54, 1.807) is 5.48 Å². The van der Waals surface area contributed by atoms with Gasteiger partial charge in [0.25, 0.3) is 0 Å². The third kappa shape index (κ3) is 5.94. The molecule has 168 valence electrons. The maximum absolute atomic E-state index is 13.4. The summed E-state index contributed by atoms with van der Waals surface area (Å²) in [7, 11) is 0. The van der Waals surface area contributed by atoms with Gasteiger partial charge >= 0.3 is 5.97 Å². The van der Waals surface area contributed by atoms with E-state index in [0.717, 1.165) is 38.5 Å². The highest BCUT2D eigenvalue weighted by molar-refractivity contribution is 5.92. The molecule has 2 atom stereocenters. The number of hydrogen-bond acceptors (Lipinski definition) is 6. The van der Waals surface area contributed by atoms with Crippen LogP contribution in [-0.2, 0) is 19.2 Å². The van der Waals surface area contributed by atoms with Crippen LogP contribution in [0, 0.1) is 11.3 Å². The second-order valence-electron chi connectivity index (χ2n) is 8.40. The summed E-state index contributed by atoms with van der Waals surface area (Å²) in [5.74, 6) is -3.69. The van der Waals surface area contributed by atoms with Crippen LogP contribution in [0.15, 0.2) is 11.9 Å². The largest absolute Gasteiger partial charge is 0.478 e. The number of amides is 3. The van der Waals surface area contributed by atoms with Crippen LogP contribution in [0.5, 0.6) is 0 Å². The fraction of sp³-hybridized carbons (Fsp3) is 0.700. The van der Waals surface area contributed by atoms with Crippen LogP contribution < -0.4 is 16.5 Å². The Balaban J connectivity index is 2.24. The van der Waals surface area contributed by atoms with E-state index in [1.807, 2.05) is 6.92 Å². The number of hydroxylamine groups is 1. The monoisotopic (exact) mass is 424 g/mol. The lowest BCUT2D eigenvalue weighted by Gasteiger charge is -2.29. The highest BCUT2D eigenvalue weighted by atomic mass is 16.5. The zero-order valence-electron chi connectivity index (χ0n) is 17.4. The Hall–Kier alpha value is -2.62. The predicted molar refractivity (Wildman–Crippen MR) is 107 cm³/mol. The Kier molecular flexibility index (Phi) is 8.22. The number of carbonyl (C=O) groups excluding carboxylic acids is 3. The number of carboxylic acid groups (broad SMARTS) is 1. The van der Waals surface area contributed by atoms with Crippen molar-refractivity contribution in [2.45, 2.75) is 70.8 Å². The predicted octanol–water partition coefficient (Wildman–Crippen LogP) is 0.851. The average Bonchev–Trinajstić information content (AvgIpc) is 3.30. The van der Waals surface area contributed by atoms with Gasteiger partial charge in [0.15, 0.2) is 0 Å². The second kappa shape index (κ2) is 10.4. The van der Waals surface area contributed by atoms with Gasteiger partial charge in [-0.25, -0.2) is 10.3 Å². The van der Waals surface area contributed by atoms with Crippen LogP contribution >= 0.6 is 0 Å². The molecule has 10 heteroatoms. The fourth-order valence-electron chi connectivity index (χ4n) is 4.67. The van der Waals surface area contributed by atoms with Crippen LogP contribution in [0.3, 0.4) is 0 Å². The summed E-state index contributed by atoms with van der Waals surface area (Å²) >= 11 is 0. The first kappa shape index (κ1) is 23.7. The first-order valence-electron chi connectivity index (χ1n) is 10.5. The summed E-state index contributed by atoms with van der Waals surface area (Å²) in [5, 5.41) is 20.1. The highest BCUT2D eigenvalue weighted by Gasteiger charge is 2.50. The van der Waals surface area contributed by atoms with E-state index < -0.39 is 29.7 Å². The van der Waals surface area contributed by atoms with Gasteiger partial charge in [-0.3, -0.25) is 19.6 Å². The van der Waals surface area contributed by atoms with Crippen molar-refractivity contribution in [2.24, 2.45) is 17.1 Å². The molecule has 1 heterocycles. The van der Waals surface area contributed by atoms with E-state index in [9.17, 15) is 19.2 Å². The summed E-state index contributed by atoms with van der Waals surface area (Å²) in [6.07, 6.45) is 6.96. The van der Waals surface area contributed by atoms with Gasteiger partial charge in [0, 0.05) is 18.9 Å². The lowest BCUT2D eigenvalue weighted by atomic mass is 9.84. The summed E-state index contributed by atoms with van der Waals surface area (Å²) in [6.45, 7) is 2.40. The third-order valence-corrected chi connectivity index (χ3v) is 6.12. The molecule has 2 rings (SSSR count). The van der Waals surface area contributed by atoms with Crippen molar-refractivity contribution >= 4 is 23.7 Å². The summed E-state index contributed by atoms with van der Waals surface area (Å²) in [4.78, 5) is 50.3. The van der Waals surface area contributed by atoms with Crippen LogP contribution in [0.25, 0.3) is 0 Å². The van der Waals surface area contributed by atoms with Crippen molar-refractivity contribution in [1.82, 2.24) is 15.7 Å². The maximum Gasteiger partial charge on any atom is 0.331 e. The lowest BCUT2D eigenvalue weighted by Crippen LogP contribution is -2.49. The Bertz CT molecular complexity index is 701. The number of aliphatic carboxylic acids is 1. The van der Waals surface area contributed by atoms with Crippen LogP contribution in [0.2, 0.25) is 0 Å². The molecule has 0 aromatic heterocycles. The van der Waals surface area contributed by atoms with E-state index in [0.29, 0.717) is 25.5 Å². The highest BCUT2D eigenvalue weighted by Crippen LogP contribution is 2.48. The van der Waals surface area contributed by atoms with Crippen molar-refractivity contribution in [1.29, 1.82) is 0 Å². The molecule has 10 nitrogen and oxygen atoms in total. The molecule has 1 aliphatic heterocycles. The second-order valence-corrected chi connectivity index (χ2v) is 8.40. The third-order valence-electron chi connectivity index (χ3n) is 6.12. The number of hydrogen-bond donors (Lipinski definition) is 5. The minimum Gasteiger partial charge on any atom is -0.478 e. The standard InChI is InChI=1S/C20H32N4O6/c1-2-3-6-13(9-16(25)23-30)19(29)24-12-20(7-4-5-8-20)11-14(24)18(28)22-15(21)10-17(26)27/h10,13-14,30H,2-9,11-12,21H2,1H3,(H,22,28)(H,23,25)(H,26,27)/t13-,14+/m1/s1. The minimum atomic E-state index is -1.28. The van der Waals surface area contributed by atoms with Crippen molar-refractivity contribution < 1.29 is 29.5 Å². The first-order valence-corrected chi connectivity index (χ1v) is 10.5. The smallest absolute Gasteiger partial charge is 0.331 e. The van der Waals surface area contributed by atoms with Crippen LogP contribution in [0.4, 0.5) is 0 Å². The number of nitrogens with zero attached hydrogens (tertiary/aromatic N) is 1. The molecule has 2 aliphatic rings. The molecule has 1 saturated heterocycles. The molecule has 0 aromatic carbocycles. The van der Waals surface area contributed by atoms with E-state index in [1.165, 1.54) is 4.90 Å². The number of rotatable bonds is 9. The van der Waals surface area contributed by atoms with E-state index in [4.69, 9.17) is 16.0 Å². The molecule has 1 aliphatic carbocycles. The van der Waals surface area contributed by atoms with Crippen LogP contribution in [-0.4, -0.2) is 51.5 Å². The topological polar surface area (TPSA) is 162 Å². The minimum absolute atomic E-state index is 0.141. The fourth-order valence-corrected chi connectivity index (χ4v) is 4.67. The number of likely N-dealkylation sites (tertiary alicyclic amines) is 1. The molecule has 1 spiro atoms. The van der Waals surface area contributed by atoms with Gasteiger partial charge in [-0.15, -0.1) is 0 Å². The normalized spacial score (nSPS) is 21.5. The first-order chi connectivity index (χ1) is 14.2. The molecular formula is C20H32N4O6. The number of carbonyl (C=O) groups is 4. The Labute approximate surface area is 175 Å². The Morgan fingerprint density at radius 1 is 1.27 bits per heavy atom. The summed E-state index contributed by atoms with van der Waals surface area (Å²) < 4.78 is 0. The van der Waals surface area contributed by atoms with Gasteiger partial charge in [0.1, 0.15) is 11.9 Å². The zero-order valence-corrected chi connectivity index (χ0v) is 17.4. The number of nitrogens with one attached hydrogen (secondary N) is 2. The molecular weight excluding hydrogens is 392 g/mol. The van der Waals surface area contributed by atoms with E-state index >= 15 is 0 Å². The quantitative estimate of drug-likeness (QED) is 0.208. The van der Waals surface area contributed by atoms with E-state index in [2.05, 4.69) is 5.32 Å². The van der Waals surface area contributed by atoms with Gasteiger partial charge in [-0.05, 0) is 31.1 Å². The molecule has 6 N–H and O–H groups in total. The number of unbranched alkanes of at least 4 members (excludes halogenated alkanes) is 1. The summed E-state index contributed by atoms with van der Waals surface area (Å²) in [5.41, 5.74) is 7.02. The van der Waals surface area contributed by atoms with Gasteiger partial charge in [0.2, 0.25) is 17.7 Å². The van der Waals surface area contributed by atoms with Crippen molar-refractivity contribution in [3.63, 3.8) is 0 Å². The zero-order chi connectivity index (χ0) is 22.3. The maximum atomic E-state index is 13.4. The number of nitrogens with two attached hydrogens (primary N) is 1. The molecule has 3 amide bonds. The lowest BCUT2D eigenvalue weighted by molar-refractivity contribution is -0.144. The molecule has 1 saturated carbocycles. The Morgan fingerprint density at radius 3 is 2.50 bits per heavy atom. The molecule has 0 aromatic rings. The molecule has 0 radical (unpaired) electrons. The molecule has 2 fully saturated rings. The number of carboxylic acids is 1. The van der Waals surface area contributed by atoms with Crippen molar-refractivity contribution in [3.8, 4) is 0 Å². The van der Waals surface area contributed by atoms with Gasteiger partial charge in [-0.2, -0.15) is 0 Å². The van der Waals surface area contributed by atoms with Crippen molar-refractivity contribution in [3.05, 3.63) is 11.9 Å². The molecule has 0 unspecified atom stereocenters. The molecule has 0 bridgehead atoms. The van der Waals surface area contributed by atoms with Crippen LogP contribution in [0.1, 0.15) is 64.7 Å².